The predicted molar refractivity (Wildman–Crippen MR) is 128 cm³/mol. The molecule has 172 valence electrons. The molecule has 2 aromatic rings. The Kier molecular flexibility index (Phi) is 7.41. The van der Waals surface area contributed by atoms with E-state index in [2.05, 4.69) is 45.9 Å². The van der Waals surface area contributed by atoms with Crippen molar-refractivity contribution in [1.82, 2.24) is 15.5 Å². The first kappa shape index (κ1) is 23.0. The Labute approximate surface area is 196 Å². The van der Waals surface area contributed by atoms with Crippen molar-refractivity contribution in [3.63, 3.8) is 0 Å². The van der Waals surface area contributed by atoms with E-state index in [4.69, 9.17) is 5.26 Å². The van der Waals surface area contributed by atoms with E-state index in [1.807, 2.05) is 25.1 Å². The number of hydrogen-bond donors (Lipinski definition) is 2. The SMILES string of the molecule is Cc1cccc(C(=O)NCC(=O)NC2CN(C3CCC(c4ccc(CC#N)cc4)CC3)C2)c1. The standard InChI is InChI=1S/C27H32N4O2/c1-19-3-2-4-23(15-19)27(33)29-16-26(32)30-24-17-31(18-24)25-11-9-22(10-12-25)21-7-5-20(6-8-21)13-14-28/h2-8,15,22,24-25H,9-13,16-18H2,1H3,(H,29,33)(H,30,32). The van der Waals surface area contributed by atoms with Crippen molar-refractivity contribution in [2.45, 2.75) is 57.0 Å². The van der Waals surface area contributed by atoms with Crippen molar-refractivity contribution >= 4 is 11.8 Å². The third kappa shape index (κ3) is 6.00. The predicted octanol–water partition coefficient (Wildman–Crippen LogP) is 3.32. The van der Waals surface area contributed by atoms with Gasteiger partial charge in [0.1, 0.15) is 0 Å². The number of nitrogens with one attached hydrogen (secondary N) is 2. The highest BCUT2D eigenvalue weighted by atomic mass is 16.2. The Hall–Kier alpha value is -3.17. The largest absolute Gasteiger partial charge is 0.349 e. The van der Waals surface area contributed by atoms with Gasteiger partial charge in [0.2, 0.25) is 5.91 Å². The molecule has 0 unspecified atom stereocenters. The minimum atomic E-state index is -0.222. The molecule has 0 radical (unpaired) electrons. The number of nitrogens with zero attached hydrogens (tertiary/aromatic N) is 2. The molecule has 2 N–H and O–H groups in total. The lowest BCUT2D eigenvalue weighted by atomic mass is 9.80. The van der Waals surface area contributed by atoms with Crippen molar-refractivity contribution in [2.24, 2.45) is 0 Å². The molecule has 2 aromatic carbocycles. The second-order valence-electron chi connectivity index (χ2n) is 9.35. The summed E-state index contributed by atoms with van der Waals surface area (Å²) in [6.45, 7) is 3.71. The molecular formula is C27H32N4O2. The van der Waals surface area contributed by atoms with Gasteiger partial charge in [-0.1, -0.05) is 42.0 Å². The Morgan fingerprint density at radius 2 is 1.79 bits per heavy atom. The average Bonchev–Trinajstić information content (AvgIpc) is 2.80. The number of rotatable bonds is 7. The van der Waals surface area contributed by atoms with Crippen molar-refractivity contribution in [1.29, 1.82) is 5.26 Å². The summed E-state index contributed by atoms with van der Waals surface area (Å²) in [7, 11) is 0. The van der Waals surface area contributed by atoms with E-state index in [9.17, 15) is 9.59 Å². The number of hydrogen-bond acceptors (Lipinski definition) is 4. The molecule has 2 aliphatic rings. The molecule has 2 fully saturated rings. The van der Waals surface area contributed by atoms with E-state index in [-0.39, 0.29) is 24.4 Å². The van der Waals surface area contributed by atoms with Crippen LogP contribution in [0.5, 0.6) is 0 Å². The number of carbonyl (C=O) groups is 2. The first-order valence-electron chi connectivity index (χ1n) is 11.9. The van der Waals surface area contributed by atoms with Gasteiger partial charge in [-0.3, -0.25) is 14.5 Å². The Morgan fingerprint density at radius 3 is 2.45 bits per heavy atom. The van der Waals surface area contributed by atoms with Gasteiger partial charge in [-0.2, -0.15) is 5.26 Å². The first-order valence-corrected chi connectivity index (χ1v) is 11.9. The average molecular weight is 445 g/mol. The summed E-state index contributed by atoms with van der Waals surface area (Å²) < 4.78 is 0. The number of aryl methyl sites for hydroxylation is 1. The van der Waals surface area contributed by atoms with Crippen LogP contribution in [0, 0.1) is 18.3 Å². The summed E-state index contributed by atoms with van der Waals surface area (Å²) >= 11 is 0. The monoisotopic (exact) mass is 444 g/mol. The van der Waals surface area contributed by atoms with Gasteiger partial charge in [-0.25, -0.2) is 0 Å². The van der Waals surface area contributed by atoms with Crippen LogP contribution in [0.2, 0.25) is 0 Å². The third-order valence-electron chi connectivity index (χ3n) is 6.91. The molecule has 1 aliphatic carbocycles. The lowest BCUT2D eigenvalue weighted by Gasteiger charge is -2.46. The van der Waals surface area contributed by atoms with Gasteiger partial charge in [0.05, 0.1) is 25.1 Å². The van der Waals surface area contributed by atoms with Gasteiger partial charge in [0, 0.05) is 24.7 Å². The highest BCUT2D eigenvalue weighted by Crippen LogP contribution is 2.36. The Bertz CT molecular complexity index is 1010. The molecule has 33 heavy (non-hydrogen) atoms. The van der Waals surface area contributed by atoms with Crippen LogP contribution in [-0.2, 0) is 11.2 Å². The molecule has 0 spiro atoms. The fourth-order valence-corrected chi connectivity index (χ4v) is 5.00. The first-order chi connectivity index (χ1) is 16.0. The van der Waals surface area contributed by atoms with Gasteiger partial charge in [0.15, 0.2) is 0 Å². The van der Waals surface area contributed by atoms with Crippen molar-refractivity contribution in [2.75, 3.05) is 19.6 Å². The number of likely N-dealkylation sites (tertiary alicyclic amines) is 1. The van der Waals surface area contributed by atoms with Gasteiger partial charge < -0.3 is 10.6 Å². The van der Waals surface area contributed by atoms with E-state index in [1.54, 1.807) is 6.07 Å². The summed E-state index contributed by atoms with van der Waals surface area (Å²) in [5.74, 6) is 0.246. The normalized spacial score (nSPS) is 21.0. The molecule has 0 aromatic heterocycles. The fraction of sp³-hybridized carbons (Fsp3) is 0.444. The van der Waals surface area contributed by atoms with E-state index in [0.717, 1.165) is 24.2 Å². The maximum Gasteiger partial charge on any atom is 0.251 e. The molecule has 1 heterocycles. The molecular weight excluding hydrogens is 412 g/mol. The zero-order valence-electron chi connectivity index (χ0n) is 19.2. The van der Waals surface area contributed by atoms with Crippen LogP contribution in [0.1, 0.15) is 58.6 Å². The maximum absolute atomic E-state index is 12.2. The lowest BCUT2D eigenvalue weighted by Crippen LogP contribution is -2.63. The van der Waals surface area contributed by atoms with Gasteiger partial charge in [0.25, 0.3) is 5.91 Å². The minimum Gasteiger partial charge on any atom is -0.349 e. The zero-order valence-corrected chi connectivity index (χ0v) is 19.2. The second kappa shape index (κ2) is 10.6. The van der Waals surface area contributed by atoms with E-state index in [0.29, 0.717) is 23.9 Å². The van der Waals surface area contributed by atoms with Crippen LogP contribution < -0.4 is 10.6 Å². The zero-order chi connectivity index (χ0) is 23.2. The Morgan fingerprint density at radius 1 is 1.06 bits per heavy atom. The number of carbonyl (C=O) groups excluding carboxylic acids is 2. The molecule has 6 heteroatoms. The van der Waals surface area contributed by atoms with E-state index < -0.39 is 0 Å². The minimum absolute atomic E-state index is 0.00153. The quantitative estimate of drug-likeness (QED) is 0.686. The van der Waals surface area contributed by atoms with Gasteiger partial charge in [-0.05, 0) is 61.8 Å². The second-order valence-corrected chi connectivity index (χ2v) is 9.35. The molecule has 1 saturated carbocycles. The van der Waals surface area contributed by atoms with Crippen LogP contribution in [0.4, 0.5) is 0 Å². The van der Waals surface area contributed by atoms with Crippen LogP contribution in [0.25, 0.3) is 0 Å². The molecule has 1 aliphatic heterocycles. The molecule has 1 saturated heterocycles. The summed E-state index contributed by atoms with van der Waals surface area (Å²) in [4.78, 5) is 26.9. The number of nitriles is 1. The van der Waals surface area contributed by atoms with Crippen molar-refractivity contribution < 1.29 is 9.59 Å². The van der Waals surface area contributed by atoms with Gasteiger partial charge >= 0.3 is 0 Å². The summed E-state index contributed by atoms with van der Waals surface area (Å²) in [6, 6.07) is 18.8. The van der Waals surface area contributed by atoms with Crippen molar-refractivity contribution in [3.05, 3.63) is 70.8 Å². The Balaban J connectivity index is 1.14. The smallest absolute Gasteiger partial charge is 0.251 e. The van der Waals surface area contributed by atoms with Gasteiger partial charge in [-0.15, -0.1) is 0 Å². The topological polar surface area (TPSA) is 85.2 Å². The highest BCUT2D eigenvalue weighted by molar-refractivity contribution is 5.96. The van der Waals surface area contributed by atoms with Crippen LogP contribution in [0.3, 0.4) is 0 Å². The highest BCUT2D eigenvalue weighted by Gasteiger charge is 2.35. The molecule has 4 rings (SSSR count). The van der Waals surface area contributed by atoms with Crippen molar-refractivity contribution in [3.8, 4) is 6.07 Å². The molecule has 6 nitrogen and oxygen atoms in total. The molecule has 0 bridgehead atoms. The number of amides is 2. The number of benzene rings is 2. The summed E-state index contributed by atoms with van der Waals surface area (Å²) in [5, 5.41) is 14.6. The maximum atomic E-state index is 12.2. The van der Waals surface area contributed by atoms with Crippen LogP contribution >= 0.6 is 0 Å². The lowest BCUT2D eigenvalue weighted by molar-refractivity contribution is -0.122. The fourth-order valence-electron chi connectivity index (χ4n) is 5.00. The van der Waals surface area contributed by atoms with E-state index >= 15 is 0 Å². The molecule has 0 atom stereocenters. The third-order valence-corrected chi connectivity index (χ3v) is 6.91. The van der Waals surface area contributed by atoms with Crippen LogP contribution in [-0.4, -0.2) is 48.4 Å². The van der Waals surface area contributed by atoms with E-state index in [1.165, 1.54) is 31.2 Å². The summed E-state index contributed by atoms with van der Waals surface area (Å²) in [6.07, 6.45) is 5.19. The molecule has 2 amide bonds. The van der Waals surface area contributed by atoms with Crippen LogP contribution in [0.15, 0.2) is 48.5 Å². The summed E-state index contributed by atoms with van der Waals surface area (Å²) in [5.41, 5.74) is 4.06.